The first-order chi connectivity index (χ1) is 14.2. The lowest BCUT2D eigenvalue weighted by atomic mass is 10.1. The first-order valence-electron chi connectivity index (χ1n) is 8.39. The van der Waals surface area contributed by atoms with E-state index < -0.39 is 22.3 Å². The van der Waals surface area contributed by atoms with Gasteiger partial charge in [0.1, 0.15) is 17.3 Å². The van der Waals surface area contributed by atoms with E-state index in [4.69, 9.17) is 22.1 Å². The molecule has 30 heavy (non-hydrogen) atoms. The van der Waals surface area contributed by atoms with Crippen LogP contribution in [0.1, 0.15) is 20.7 Å². The van der Waals surface area contributed by atoms with Crippen molar-refractivity contribution in [1.82, 2.24) is 9.88 Å². The molecule has 0 unspecified atom stereocenters. The zero-order chi connectivity index (χ0) is 21.6. The summed E-state index contributed by atoms with van der Waals surface area (Å²) in [4.78, 5) is 47.2. The third-order valence-electron chi connectivity index (χ3n) is 4.35. The number of nitrogens with one attached hydrogen (secondary N) is 1. The van der Waals surface area contributed by atoms with E-state index in [1.54, 1.807) is 24.3 Å². The largest absolute Gasteiger partial charge is 0.457 e. The van der Waals surface area contributed by atoms with E-state index in [-0.39, 0.29) is 34.1 Å². The van der Waals surface area contributed by atoms with Crippen molar-refractivity contribution in [1.29, 1.82) is 0 Å². The third kappa shape index (κ3) is 3.25. The Morgan fingerprint density at radius 1 is 1.00 bits per heavy atom. The van der Waals surface area contributed by atoms with E-state index in [0.717, 1.165) is 16.7 Å². The number of non-ortho nitro benzene ring substituents is 1. The predicted molar refractivity (Wildman–Crippen MR) is 106 cm³/mol. The summed E-state index contributed by atoms with van der Waals surface area (Å²) >= 11 is 5.84. The summed E-state index contributed by atoms with van der Waals surface area (Å²) < 4.78 is 6.55. The van der Waals surface area contributed by atoms with Crippen molar-refractivity contribution in [3.05, 3.63) is 85.1 Å². The SMILES string of the molecule is Nc1c2c(cc(=O)n1-c1cc(Oc3ccc(Cl)cc3)cc([N+](=O)[O-])c1)C(=O)NC2=O. The highest BCUT2D eigenvalue weighted by molar-refractivity contribution is 6.30. The van der Waals surface area contributed by atoms with Crippen molar-refractivity contribution in [2.75, 3.05) is 5.73 Å². The van der Waals surface area contributed by atoms with E-state index >= 15 is 0 Å². The number of anilines is 1. The standard InChI is InChI=1S/C19H11ClN4O6/c20-9-1-3-12(4-2-9)30-13-6-10(5-11(7-13)24(28)29)23-15(25)8-14-16(17(23)21)19(27)22-18(14)26/h1-8H,21H2,(H,22,26,27). The average molecular weight is 427 g/mol. The molecule has 1 aliphatic heterocycles. The minimum absolute atomic E-state index is 0.00869. The van der Waals surface area contributed by atoms with Crippen LogP contribution in [0.2, 0.25) is 5.02 Å². The molecular formula is C19H11ClN4O6. The number of nitrogens with two attached hydrogens (primary N) is 1. The molecule has 10 nitrogen and oxygen atoms in total. The molecule has 3 N–H and O–H groups in total. The number of fused-ring (bicyclic) bond motifs is 1. The Morgan fingerprint density at radius 2 is 1.70 bits per heavy atom. The topological polar surface area (TPSA) is 147 Å². The van der Waals surface area contributed by atoms with E-state index in [2.05, 4.69) is 5.32 Å². The van der Waals surface area contributed by atoms with Gasteiger partial charge in [-0.05, 0) is 24.3 Å². The molecular weight excluding hydrogens is 416 g/mol. The molecule has 11 heteroatoms. The molecule has 0 fully saturated rings. The van der Waals surface area contributed by atoms with E-state index in [9.17, 15) is 24.5 Å². The number of benzene rings is 2. The molecule has 1 aliphatic rings. The molecule has 1 aromatic heterocycles. The second kappa shape index (κ2) is 7.01. The van der Waals surface area contributed by atoms with Crippen molar-refractivity contribution in [2.45, 2.75) is 0 Å². The van der Waals surface area contributed by atoms with E-state index in [1.807, 2.05) is 0 Å². The summed E-state index contributed by atoms with van der Waals surface area (Å²) in [6.07, 6.45) is 0. The molecule has 0 aliphatic carbocycles. The number of pyridine rings is 1. The zero-order valence-electron chi connectivity index (χ0n) is 14.9. The van der Waals surface area contributed by atoms with Crippen LogP contribution in [0.15, 0.2) is 53.3 Å². The number of nitro benzene ring substituents is 1. The molecule has 3 aromatic rings. The van der Waals surface area contributed by atoms with Gasteiger partial charge in [-0.25, -0.2) is 0 Å². The maximum absolute atomic E-state index is 12.6. The molecule has 2 heterocycles. The van der Waals surface area contributed by atoms with Crippen LogP contribution >= 0.6 is 11.6 Å². The lowest BCUT2D eigenvalue weighted by Crippen LogP contribution is -2.24. The van der Waals surface area contributed by atoms with Crippen LogP contribution in [0.5, 0.6) is 11.5 Å². The zero-order valence-corrected chi connectivity index (χ0v) is 15.7. The van der Waals surface area contributed by atoms with Crippen LogP contribution in [-0.4, -0.2) is 21.3 Å². The van der Waals surface area contributed by atoms with Crippen LogP contribution in [-0.2, 0) is 0 Å². The number of carbonyl (C=O) groups is 2. The molecule has 150 valence electrons. The van der Waals surface area contributed by atoms with Crippen LogP contribution in [0, 0.1) is 10.1 Å². The van der Waals surface area contributed by atoms with Crippen molar-refractivity contribution in [3.63, 3.8) is 0 Å². The Bertz CT molecular complexity index is 1300. The summed E-state index contributed by atoms with van der Waals surface area (Å²) in [6, 6.07) is 10.8. The fourth-order valence-electron chi connectivity index (χ4n) is 3.05. The minimum Gasteiger partial charge on any atom is -0.457 e. The molecule has 2 aromatic carbocycles. The third-order valence-corrected chi connectivity index (χ3v) is 4.60. The smallest absolute Gasteiger partial charge is 0.275 e. The Kier molecular flexibility index (Phi) is 4.47. The molecule has 0 atom stereocenters. The number of amides is 2. The van der Waals surface area contributed by atoms with Gasteiger partial charge in [0.05, 0.1) is 27.8 Å². The molecule has 4 rings (SSSR count). The van der Waals surface area contributed by atoms with Crippen molar-refractivity contribution < 1.29 is 19.2 Å². The fourth-order valence-corrected chi connectivity index (χ4v) is 3.17. The summed E-state index contributed by atoms with van der Waals surface area (Å²) in [5.74, 6) is -1.42. The van der Waals surface area contributed by atoms with E-state index in [0.29, 0.717) is 10.8 Å². The van der Waals surface area contributed by atoms with Crippen LogP contribution in [0.4, 0.5) is 11.5 Å². The molecule has 0 spiro atoms. The van der Waals surface area contributed by atoms with Gasteiger partial charge in [-0.2, -0.15) is 0 Å². The number of hydrogen-bond acceptors (Lipinski definition) is 7. The Hall–Kier alpha value is -4.18. The highest BCUT2D eigenvalue weighted by Gasteiger charge is 2.32. The van der Waals surface area contributed by atoms with Gasteiger partial charge < -0.3 is 10.5 Å². The van der Waals surface area contributed by atoms with Gasteiger partial charge in [0.2, 0.25) is 0 Å². The van der Waals surface area contributed by atoms with Gasteiger partial charge in [0, 0.05) is 23.2 Å². The minimum atomic E-state index is -0.760. The maximum Gasteiger partial charge on any atom is 0.275 e. The number of imide groups is 1. The predicted octanol–water partition coefficient (Wildman–Crippen LogP) is 2.66. The lowest BCUT2D eigenvalue weighted by Gasteiger charge is -2.13. The number of ether oxygens (including phenoxy) is 1. The van der Waals surface area contributed by atoms with Crippen molar-refractivity contribution in [3.8, 4) is 17.2 Å². The summed E-state index contributed by atoms with van der Waals surface area (Å²) in [5, 5.41) is 13.9. The first kappa shape index (κ1) is 19.2. The van der Waals surface area contributed by atoms with Crippen LogP contribution in [0.3, 0.4) is 0 Å². The Balaban J connectivity index is 1.88. The number of aromatic nitrogens is 1. The number of hydrogen-bond donors (Lipinski definition) is 2. The van der Waals surface area contributed by atoms with Crippen molar-refractivity contribution >= 4 is 34.9 Å². The first-order valence-corrected chi connectivity index (χ1v) is 8.77. The van der Waals surface area contributed by atoms with Crippen LogP contribution in [0.25, 0.3) is 5.69 Å². The molecule has 0 saturated heterocycles. The second-order valence-electron chi connectivity index (χ2n) is 6.27. The van der Waals surface area contributed by atoms with E-state index in [1.165, 1.54) is 12.1 Å². The molecule has 0 saturated carbocycles. The number of nitrogen functional groups attached to an aromatic ring is 1. The molecule has 2 amide bonds. The van der Waals surface area contributed by atoms with Gasteiger partial charge in [-0.3, -0.25) is 34.4 Å². The van der Waals surface area contributed by atoms with Gasteiger partial charge in [-0.1, -0.05) is 11.6 Å². The van der Waals surface area contributed by atoms with Gasteiger partial charge >= 0.3 is 0 Å². The number of nitro groups is 1. The number of rotatable bonds is 4. The monoisotopic (exact) mass is 426 g/mol. The second-order valence-corrected chi connectivity index (χ2v) is 6.71. The van der Waals surface area contributed by atoms with Crippen molar-refractivity contribution in [2.24, 2.45) is 0 Å². The van der Waals surface area contributed by atoms with Gasteiger partial charge in [0.15, 0.2) is 0 Å². The lowest BCUT2D eigenvalue weighted by molar-refractivity contribution is -0.384. The highest BCUT2D eigenvalue weighted by atomic mass is 35.5. The average Bonchev–Trinajstić information content (AvgIpc) is 2.97. The van der Waals surface area contributed by atoms with Crippen LogP contribution < -0.4 is 21.3 Å². The van der Waals surface area contributed by atoms with Gasteiger partial charge in [0.25, 0.3) is 23.1 Å². The number of nitrogens with zero attached hydrogens (tertiary/aromatic N) is 2. The summed E-state index contributed by atoms with van der Waals surface area (Å²) in [5.41, 5.74) is 4.54. The summed E-state index contributed by atoms with van der Waals surface area (Å²) in [7, 11) is 0. The summed E-state index contributed by atoms with van der Waals surface area (Å²) in [6.45, 7) is 0. The normalized spacial score (nSPS) is 12.4. The Morgan fingerprint density at radius 3 is 2.37 bits per heavy atom. The molecule has 0 radical (unpaired) electrons. The Labute approximate surface area is 172 Å². The maximum atomic E-state index is 12.6. The molecule has 0 bridgehead atoms. The fraction of sp³-hybridized carbons (Fsp3) is 0. The van der Waals surface area contributed by atoms with Gasteiger partial charge in [-0.15, -0.1) is 0 Å². The highest BCUT2D eigenvalue weighted by Crippen LogP contribution is 2.31. The quantitative estimate of drug-likeness (QED) is 0.370. The number of halogens is 1. The number of carbonyl (C=O) groups excluding carboxylic acids is 2.